The predicted octanol–water partition coefficient (Wildman–Crippen LogP) is 4.47. The number of nitrogens with two attached hydrogens (primary N) is 1. The van der Waals surface area contributed by atoms with Gasteiger partial charge >= 0.3 is 0 Å². The smallest absolute Gasteiger partial charge is 0.0588 e. The fourth-order valence-electron chi connectivity index (χ4n) is 1.31. The average molecular weight is 362 g/mol. The van der Waals surface area contributed by atoms with Crippen LogP contribution in [0.1, 0.15) is 4.88 Å². The molecule has 0 amide bonds. The Morgan fingerprint density at radius 3 is 2.75 bits per heavy atom. The molecule has 2 rings (SSSR count). The molecule has 5 heteroatoms. The summed E-state index contributed by atoms with van der Waals surface area (Å²) in [5.74, 6) is 0. The van der Waals surface area contributed by atoms with E-state index >= 15 is 0 Å². The molecular formula is C11H10Br2N2S. The second-order valence-corrected chi connectivity index (χ2v) is 6.05. The molecule has 0 spiro atoms. The third-order valence-electron chi connectivity index (χ3n) is 2.15. The van der Waals surface area contributed by atoms with E-state index in [2.05, 4.69) is 42.6 Å². The number of anilines is 2. The number of halogens is 2. The number of nitrogen functional groups attached to an aromatic ring is 1. The Balaban J connectivity index is 2.10. The normalized spacial score (nSPS) is 10.4. The molecule has 0 aliphatic rings. The zero-order chi connectivity index (χ0) is 11.5. The third kappa shape index (κ3) is 2.78. The number of rotatable bonds is 3. The van der Waals surface area contributed by atoms with Crippen molar-refractivity contribution >= 4 is 54.6 Å². The Morgan fingerprint density at radius 1 is 1.25 bits per heavy atom. The van der Waals surface area contributed by atoms with Crippen molar-refractivity contribution in [3.05, 3.63) is 43.5 Å². The predicted molar refractivity (Wildman–Crippen MR) is 77.9 cm³/mol. The zero-order valence-electron chi connectivity index (χ0n) is 8.34. The van der Waals surface area contributed by atoms with Crippen molar-refractivity contribution in [2.45, 2.75) is 6.54 Å². The van der Waals surface area contributed by atoms with Gasteiger partial charge < -0.3 is 11.1 Å². The van der Waals surface area contributed by atoms with E-state index in [9.17, 15) is 0 Å². The monoisotopic (exact) mass is 360 g/mol. The van der Waals surface area contributed by atoms with Crippen LogP contribution in [0.2, 0.25) is 0 Å². The standard InChI is InChI=1S/C11H10Br2N2S/c12-7-1-2-9(14)10(5-7)15-6-11-8(13)3-4-16-11/h1-5,15H,6,14H2. The molecule has 0 aliphatic carbocycles. The summed E-state index contributed by atoms with van der Waals surface area (Å²) in [7, 11) is 0. The second-order valence-electron chi connectivity index (χ2n) is 3.28. The number of nitrogens with one attached hydrogen (secondary N) is 1. The number of thiophene rings is 1. The zero-order valence-corrected chi connectivity index (χ0v) is 12.3. The number of benzene rings is 1. The van der Waals surface area contributed by atoms with Crippen LogP contribution < -0.4 is 11.1 Å². The molecule has 0 atom stereocenters. The highest BCUT2D eigenvalue weighted by molar-refractivity contribution is 9.10. The van der Waals surface area contributed by atoms with Gasteiger partial charge in [0.25, 0.3) is 0 Å². The lowest BCUT2D eigenvalue weighted by Crippen LogP contribution is -2.01. The van der Waals surface area contributed by atoms with Crippen molar-refractivity contribution in [1.82, 2.24) is 0 Å². The summed E-state index contributed by atoms with van der Waals surface area (Å²) >= 11 is 8.65. The highest BCUT2D eigenvalue weighted by Crippen LogP contribution is 2.27. The van der Waals surface area contributed by atoms with Crippen LogP contribution in [0.5, 0.6) is 0 Å². The summed E-state index contributed by atoms with van der Waals surface area (Å²) in [6.07, 6.45) is 0. The molecule has 0 radical (unpaired) electrons. The second kappa shape index (κ2) is 5.21. The molecule has 0 saturated heterocycles. The third-order valence-corrected chi connectivity index (χ3v) is 4.57. The van der Waals surface area contributed by atoms with E-state index in [-0.39, 0.29) is 0 Å². The highest BCUT2D eigenvalue weighted by atomic mass is 79.9. The molecule has 2 aromatic rings. The summed E-state index contributed by atoms with van der Waals surface area (Å²) in [6, 6.07) is 7.85. The minimum absolute atomic E-state index is 0.760. The lowest BCUT2D eigenvalue weighted by Gasteiger charge is -2.09. The molecule has 0 saturated carbocycles. The van der Waals surface area contributed by atoms with Gasteiger partial charge in [-0.15, -0.1) is 11.3 Å². The van der Waals surface area contributed by atoms with Crippen molar-refractivity contribution in [2.24, 2.45) is 0 Å². The summed E-state index contributed by atoms with van der Waals surface area (Å²) in [5, 5.41) is 5.38. The highest BCUT2D eigenvalue weighted by Gasteiger charge is 2.03. The Labute approximate surface area is 115 Å². The van der Waals surface area contributed by atoms with E-state index in [1.165, 1.54) is 4.88 Å². The van der Waals surface area contributed by atoms with Gasteiger partial charge in [-0.2, -0.15) is 0 Å². The average Bonchev–Trinajstić information content (AvgIpc) is 2.66. The summed E-state index contributed by atoms with van der Waals surface area (Å²) in [4.78, 5) is 1.26. The molecule has 0 unspecified atom stereocenters. The Bertz CT molecular complexity index is 496. The van der Waals surface area contributed by atoms with E-state index in [1.807, 2.05) is 24.3 Å². The largest absolute Gasteiger partial charge is 0.397 e. The number of hydrogen-bond acceptors (Lipinski definition) is 3. The van der Waals surface area contributed by atoms with E-state index in [0.29, 0.717) is 0 Å². The minimum atomic E-state index is 0.760. The van der Waals surface area contributed by atoms with E-state index < -0.39 is 0 Å². The van der Waals surface area contributed by atoms with Crippen LogP contribution in [0.25, 0.3) is 0 Å². The van der Waals surface area contributed by atoms with Gasteiger partial charge in [-0.05, 0) is 45.6 Å². The molecule has 0 fully saturated rings. The van der Waals surface area contributed by atoms with Crippen LogP contribution in [-0.4, -0.2) is 0 Å². The van der Waals surface area contributed by atoms with Gasteiger partial charge in [-0.1, -0.05) is 15.9 Å². The van der Waals surface area contributed by atoms with Gasteiger partial charge in [0, 0.05) is 13.8 Å². The van der Waals surface area contributed by atoms with Gasteiger partial charge in [0.2, 0.25) is 0 Å². The summed E-state index contributed by atoms with van der Waals surface area (Å²) in [5.41, 5.74) is 7.59. The molecule has 1 aromatic heterocycles. The Hall–Kier alpha value is -0.520. The summed E-state index contributed by atoms with van der Waals surface area (Å²) in [6.45, 7) is 0.777. The maximum atomic E-state index is 5.88. The molecule has 0 bridgehead atoms. The minimum Gasteiger partial charge on any atom is -0.397 e. The van der Waals surface area contributed by atoms with Crippen molar-refractivity contribution in [3.8, 4) is 0 Å². The van der Waals surface area contributed by atoms with E-state index in [1.54, 1.807) is 11.3 Å². The van der Waals surface area contributed by atoms with Crippen LogP contribution in [0.4, 0.5) is 11.4 Å². The molecule has 2 nitrogen and oxygen atoms in total. The van der Waals surface area contributed by atoms with E-state index in [0.717, 1.165) is 26.9 Å². The molecule has 16 heavy (non-hydrogen) atoms. The summed E-state index contributed by atoms with van der Waals surface area (Å²) < 4.78 is 2.16. The molecule has 1 heterocycles. The van der Waals surface area contributed by atoms with Gasteiger partial charge in [-0.3, -0.25) is 0 Å². The van der Waals surface area contributed by atoms with Gasteiger partial charge in [-0.25, -0.2) is 0 Å². The molecular weight excluding hydrogens is 352 g/mol. The van der Waals surface area contributed by atoms with Crippen LogP contribution in [0.15, 0.2) is 38.6 Å². The molecule has 1 aromatic carbocycles. The van der Waals surface area contributed by atoms with Gasteiger partial charge in [0.15, 0.2) is 0 Å². The van der Waals surface area contributed by atoms with Crippen LogP contribution >= 0.6 is 43.2 Å². The van der Waals surface area contributed by atoms with Crippen LogP contribution in [0, 0.1) is 0 Å². The quantitative estimate of drug-likeness (QED) is 0.791. The maximum Gasteiger partial charge on any atom is 0.0588 e. The Kier molecular flexibility index (Phi) is 3.89. The molecule has 0 aliphatic heterocycles. The van der Waals surface area contributed by atoms with Gasteiger partial charge in [0.05, 0.1) is 17.9 Å². The van der Waals surface area contributed by atoms with Crippen molar-refractivity contribution in [1.29, 1.82) is 0 Å². The maximum absolute atomic E-state index is 5.88. The number of hydrogen-bond donors (Lipinski definition) is 2. The van der Waals surface area contributed by atoms with Crippen molar-refractivity contribution < 1.29 is 0 Å². The SMILES string of the molecule is Nc1ccc(Br)cc1NCc1sccc1Br. The van der Waals surface area contributed by atoms with Crippen LogP contribution in [-0.2, 0) is 6.54 Å². The first-order chi connectivity index (χ1) is 7.66. The fourth-order valence-corrected chi connectivity index (χ4v) is 3.10. The lowest BCUT2D eigenvalue weighted by molar-refractivity contribution is 1.18. The first-order valence-electron chi connectivity index (χ1n) is 4.67. The Morgan fingerprint density at radius 2 is 2.06 bits per heavy atom. The molecule has 3 N–H and O–H groups in total. The van der Waals surface area contributed by atoms with Crippen LogP contribution in [0.3, 0.4) is 0 Å². The molecule has 84 valence electrons. The topological polar surface area (TPSA) is 38.0 Å². The van der Waals surface area contributed by atoms with Crippen molar-refractivity contribution in [3.63, 3.8) is 0 Å². The fraction of sp³-hybridized carbons (Fsp3) is 0.0909. The van der Waals surface area contributed by atoms with E-state index in [4.69, 9.17) is 5.73 Å². The first kappa shape index (κ1) is 12.0. The lowest BCUT2D eigenvalue weighted by atomic mass is 10.2. The van der Waals surface area contributed by atoms with Gasteiger partial charge in [0.1, 0.15) is 0 Å². The van der Waals surface area contributed by atoms with Crippen molar-refractivity contribution in [2.75, 3.05) is 11.1 Å². The first-order valence-corrected chi connectivity index (χ1v) is 7.14.